The zero-order valence-electron chi connectivity index (χ0n) is 8.49. The molecule has 0 unspecified atom stereocenters. The number of carbonyl (C=O) groups excluding carboxylic acids is 1. The van der Waals surface area contributed by atoms with Gasteiger partial charge in [0.15, 0.2) is 5.78 Å². The molecule has 0 aromatic carbocycles. The number of rotatable bonds is 1. The Labute approximate surface area is 86.7 Å². The van der Waals surface area contributed by atoms with Gasteiger partial charge in [-0.25, -0.2) is 4.79 Å². The van der Waals surface area contributed by atoms with Gasteiger partial charge < -0.3 is 5.11 Å². The Kier molecular flexibility index (Phi) is 2.30. The summed E-state index contributed by atoms with van der Waals surface area (Å²) in [5, 5.41) is 13.0. The molecule has 2 rings (SSSR count). The van der Waals surface area contributed by atoms with Gasteiger partial charge in [-0.1, -0.05) is 0 Å². The molecule has 0 spiro atoms. The van der Waals surface area contributed by atoms with E-state index in [1.54, 1.807) is 7.05 Å². The molecule has 0 radical (unpaired) electrons. The predicted octanol–water partition coefficient (Wildman–Crippen LogP) is 1.03. The first-order valence-electron chi connectivity index (χ1n) is 4.93. The summed E-state index contributed by atoms with van der Waals surface area (Å²) in [6.45, 7) is 0. The molecule has 0 fully saturated rings. The van der Waals surface area contributed by atoms with Crippen molar-refractivity contribution < 1.29 is 14.7 Å². The quantitative estimate of drug-likeness (QED) is 0.699. The van der Waals surface area contributed by atoms with E-state index in [4.69, 9.17) is 5.11 Å². The van der Waals surface area contributed by atoms with Gasteiger partial charge >= 0.3 is 5.97 Å². The molecule has 15 heavy (non-hydrogen) atoms. The number of carboxylic acids is 1. The number of carboxylic acid groups (broad SMARTS) is 1. The van der Waals surface area contributed by atoms with Crippen molar-refractivity contribution in [2.75, 3.05) is 0 Å². The zero-order chi connectivity index (χ0) is 11.0. The predicted molar refractivity (Wildman–Crippen MR) is 52.1 cm³/mol. The van der Waals surface area contributed by atoms with E-state index in [0.29, 0.717) is 24.1 Å². The van der Waals surface area contributed by atoms with E-state index in [2.05, 4.69) is 5.10 Å². The summed E-state index contributed by atoms with van der Waals surface area (Å²) in [4.78, 5) is 22.6. The fourth-order valence-corrected chi connectivity index (χ4v) is 2.00. The third-order valence-corrected chi connectivity index (χ3v) is 2.69. The lowest BCUT2D eigenvalue weighted by Gasteiger charge is -1.98. The molecule has 1 aromatic heterocycles. The molecule has 0 saturated carbocycles. The van der Waals surface area contributed by atoms with Crippen LogP contribution >= 0.6 is 0 Å². The van der Waals surface area contributed by atoms with E-state index in [-0.39, 0.29) is 11.5 Å². The molecule has 0 bridgehead atoms. The van der Waals surface area contributed by atoms with Crippen LogP contribution in [0, 0.1) is 0 Å². The SMILES string of the molecule is Cn1nc2c(c1C(=O)O)CCCCC2=O. The van der Waals surface area contributed by atoms with Crippen LogP contribution in [0.5, 0.6) is 0 Å². The van der Waals surface area contributed by atoms with Crippen LogP contribution in [0.4, 0.5) is 0 Å². The van der Waals surface area contributed by atoms with Gasteiger partial charge in [0.2, 0.25) is 0 Å². The summed E-state index contributed by atoms with van der Waals surface area (Å²) >= 11 is 0. The Hall–Kier alpha value is -1.65. The van der Waals surface area contributed by atoms with Crippen molar-refractivity contribution in [3.63, 3.8) is 0 Å². The van der Waals surface area contributed by atoms with E-state index < -0.39 is 5.97 Å². The first-order chi connectivity index (χ1) is 7.11. The number of Topliss-reactive ketones (excluding diaryl/α,β-unsaturated/α-hetero) is 1. The van der Waals surface area contributed by atoms with Gasteiger partial charge in [-0.15, -0.1) is 0 Å². The van der Waals surface area contributed by atoms with E-state index in [1.807, 2.05) is 0 Å². The molecule has 1 N–H and O–H groups in total. The Bertz CT molecular complexity index is 434. The summed E-state index contributed by atoms with van der Waals surface area (Å²) < 4.78 is 1.29. The number of aromatic carboxylic acids is 1. The third-order valence-electron chi connectivity index (χ3n) is 2.69. The van der Waals surface area contributed by atoms with Crippen molar-refractivity contribution >= 4 is 11.8 Å². The number of carbonyl (C=O) groups is 2. The van der Waals surface area contributed by atoms with Crippen LogP contribution < -0.4 is 0 Å². The van der Waals surface area contributed by atoms with Gasteiger partial charge in [-0.05, 0) is 19.3 Å². The van der Waals surface area contributed by atoms with Gasteiger partial charge in [0.25, 0.3) is 0 Å². The van der Waals surface area contributed by atoms with Crippen LogP contribution in [0.15, 0.2) is 0 Å². The molecule has 0 atom stereocenters. The number of nitrogens with zero attached hydrogens (tertiary/aromatic N) is 2. The highest BCUT2D eigenvalue weighted by molar-refractivity contribution is 5.99. The molecule has 5 nitrogen and oxygen atoms in total. The molecule has 1 heterocycles. The Balaban J connectivity index is 2.59. The van der Waals surface area contributed by atoms with Crippen LogP contribution in [-0.4, -0.2) is 26.6 Å². The van der Waals surface area contributed by atoms with Gasteiger partial charge in [-0.3, -0.25) is 9.48 Å². The van der Waals surface area contributed by atoms with Gasteiger partial charge in [0.1, 0.15) is 11.4 Å². The minimum Gasteiger partial charge on any atom is -0.477 e. The van der Waals surface area contributed by atoms with Crippen LogP contribution in [0.3, 0.4) is 0 Å². The fourth-order valence-electron chi connectivity index (χ4n) is 2.00. The molecular weight excluding hydrogens is 196 g/mol. The Morgan fingerprint density at radius 2 is 2.07 bits per heavy atom. The highest BCUT2D eigenvalue weighted by atomic mass is 16.4. The van der Waals surface area contributed by atoms with Crippen LogP contribution in [0.25, 0.3) is 0 Å². The average molecular weight is 208 g/mol. The fraction of sp³-hybridized carbons (Fsp3) is 0.500. The Morgan fingerprint density at radius 3 is 2.73 bits per heavy atom. The van der Waals surface area contributed by atoms with Crippen LogP contribution in [0.1, 0.15) is 45.8 Å². The minimum atomic E-state index is -1.01. The standard InChI is InChI=1S/C10H12N2O3/c1-12-9(10(14)15)6-4-2-3-5-7(13)8(6)11-12/h2-5H2,1H3,(H,14,15). The molecule has 1 aliphatic rings. The second-order valence-corrected chi connectivity index (χ2v) is 3.73. The second kappa shape index (κ2) is 3.49. The summed E-state index contributed by atoms with van der Waals surface area (Å²) in [6, 6.07) is 0. The van der Waals surface area contributed by atoms with Crippen molar-refractivity contribution in [2.45, 2.75) is 25.7 Å². The summed E-state index contributed by atoms with van der Waals surface area (Å²) in [5.41, 5.74) is 1.11. The largest absolute Gasteiger partial charge is 0.477 e. The molecule has 1 aliphatic carbocycles. The molecule has 80 valence electrons. The van der Waals surface area contributed by atoms with Gasteiger partial charge in [0, 0.05) is 19.0 Å². The first-order valence-corrected chi connectivity index (χ1v) is 4.93. The number of fused-ring (bicyclic) bond motifs is 1. The topological polar surface area (TPSA) is 72.2 Å². The molecule has 0 saturated heterocycles. The lowest BCUT2D eigenvalue weighted by molar-refractivity contribution is 0.0683. The van der Waals surface area contributed by atoms with Crippen molar-refractivity contribution in [1.29, 1.82) is 0 Å². The second-order valence-electron chi connectivity index (χ2n) is 3.73. The lowest BCUT2D eigenvalue weighted by Crippen LogP contribution is -2.08. The summed E-state index contributed by atoms with van der Waals surface area (Å²) in [6.07, 6.45) is 2.78. The number of aromatic nitrogens is 2. The number of hydrogen-bond donors (Lipinski definition) is 1. The molecular formula is C10H12N2O3. The molecule has 0 aliphatic heterocycles. The maximum Gasteiger partial charge on any atom is 0.354 e. The van der Waals surface area contributed by atoms with Gasteiger partial charge in [0.05, 0.1) is 0 Å². The summed E-state index contributed by atoms with van der Waals surface area (Å²) in [7, 11) is 1.56. The van der Waals surface area contributed by atoms with Crippen molar-refractivity contribution in [2.24, 2.45) is 7.05 Å². The summed E-state index contributed by atoms with van der Waals surface area (Å²) in [5.74, 6) is -1.05. The van der Waals surface area contributed by atoms with Gasteiger partial charge in [-0.2, -0.15) is 5.10 Å². The highest BCUT2D eigenvalue weighted by Gasteiger charge is 2.26. The van der Waals surface area contributed by atoms with Crippen molar-refractivity contribution in [1.82, 2.24) is 9.78 Å². The zero-order valence-corrected chi connectivity index (χ0v) is 8.49. The van der Waals surface area contributed by atoms with E-state index in [1.165, 1.54) is 4.68 Å². The molecule has 0 amide bonds. The minimum absolute atomic E-state index is 0.0365. The average Bonchev–Trinajstić information content (AvgIpc) is 2.40. The monoisotopic (exact) mass is 208 g/mol. The normalized spacial score (nSPS) is 15.9. The third kappa shape index (κ3) is 1.54. The maximum absolute atomic E-state index is 11.6. The van der Waals surface area contributed by atoms with Crippen LogP contribution in [-0.2, 0) is 13.5 Å². The van der Waals surface area contributed by atoms with E-state index in [9.17, 15) is 9.59 Å². The van der Waals surface area contributed by atoms with E-state index in [0.717, 1.165) is 12.8 Å². The number of aryl methyl sites for hydroxylation is 1. The Morgan fingerprint density at radius 1 is 1.40 bits per heavy atom. The molecule has 1 aromatic rings. The first kappa shape index (κ1) is 9.89. The number of ketones is 1. The van der Waals surface area contributed by atoms with Crippen molar-refractivity contribution in [3.05, 3.63) is 17.0 Å². The maximum atomic E-state index is 11.6. The van der Waals surface area contributed by atoms with Crippen molar-refractivity contribution in [3.8, 4) is 0 Å². The number of hydrogen-bond acceptors (Lipinski definition) is 3. The molecule has 5 heteroatoms. The smallest absolute Gasteiger partial charge is 0.354 e. The van der Waals surface area contributed by atoms with Crippen LogP contribution in [0.2, 0.25) is 0 Å². The lowest BCUT2D eigenvalue weighted by atomic mass is 10.1. The highest BCUT2D eigenvalue weighted by Crippen LogP contribution is 2.22. The van der Waals surface area contributed by atoms with E-state index >= 15 is 0 Å².